The average Bonchev–Trinajstić information content (AvgIpc) is 2.81. The Morgan fingerprint density at radius 3 is 2.53 bits per heavy atom. The molecule has 1 N–H and O–H groups in total. The van der Waals surface area contributed by atoms with Gasteiger partial charge in [0.1, 0.15) is 23.9 Å². The van der Waals surface area contributed by atoms with Crippen molar-refractivity contribution in [2.45, 2.75) is 32.5 Å². The highest BCUT2D eigenvalue weighted by molar-refractivity contribution is 5.77. The van der Waals surface area contributed by atoms with E-state index in [-0.39, 0.29) is 24.2 Å². The number of ether oxygens (including phenoxy) is 2. The van der Waals surface area contributed by atoms with Gasteiger partial charge < -0.3 is 19.7 Å². The molecule has 3 aromatic carbocycles. The van der Waals surface area contributed by atoms with Crippen molar-refractivity contribution in [2.75, 3.05) is 18.6 Å². The van der Waals surface area contributed by atoms with Crippen molar-refractivity contribution in [1.29, 1.82) is 0 Å². The number of hydrogen-bond donors (Lipinski definition) is 1. The summed E-state index contributed by atoms with van der Waals surface area (Å²) >= 11 is 0. The fourth-order valence-corrected chi connectivity index (χ4v) is 3.82. The Morgan fingerprint density at radius 1 is 1.09 bits per heavy atom. The van der Waals surface area contributed by atoms with E-state index in [1.165, 1.54) is 17.7 Å². The minimum atomic E-state index is -0.338. The molecule has 3 aromatic rings. The molecule has 1 aliphatic heterocycles. The number of anilines is 1. The van der Waals surface area contributed by atoms with E-state index >= 15 is 0 Å². The second-order valence-electron chi connectivity index (χ2n) is 8.02. The SMILES string of the molecule is COc1ccc(CNC(=O)CC2COc3cc(F)ccc3N2Cc2ccc(C)cc2)cc1. The van der Waals surface area contributed by atoms with Crippen LogP contribution in [0.4, 0.5) is 10.1 Å². The first kappa shape index (κ1) is 21.7. The molecule has 0 spiro atoms. The van der Waals surface area contributed by atoms with Gasteiger partial charge in [0.15, 0.2) is 0 Å². The molecule has 0 aromatic heterocycles. The molecule has 1 aliphatic rings. The number of hydrogen-bond acceptors (Lipinski definition) is 4. The standard InChI is InChI=1S/C26H27FN2O3/c1-18-3-5-20(6-4-18)16-29-22(17-32-25-13-21(27)9-12-24(25)29)14-26(30)28-15-19-7-10-23(31-2)11-8-19/h3-13,22H,14-17H2,1-2H3,(H,28,30). The van der Waals surface area contributed by atoms with Crippen LogP contribution in [0.15, 0.2) is 66.7 Å². The Morgan fingerprint density at radius 2 is 1.81 bits per heavy atom. The zero-order valence-electron chi connectivity index (χ0n) is 18.3. The van der Waals surface area contributed by atoms with Gasteiger partial charge in [-0.1, -0.05) is 42.0 Å². The van der Waals surface area contributed by atoms with E-state index in [9.17, 15) is 9.18 Å². The number of carbonyl (C=O) groups excluding carboxylic acids is 1. The van der Waals surface area contributed by atoms with Crippen molar-refractivity contribution in [2.24, 2.45) is 0 Å². The Balaban J connectivity index is 1.46. The molecule has 166 valence electrons. The van der Waals surface area contributed by atoms with E-state index in [4.69, 9.17) is 9.47 Å². The first-order valence-electron chi connectivity index (χ1n) is 10.7. The summed E-state index contributed by atoms with van der Waals surface area (Å²) in [5, 5.41) is 2.99. The lowest BCUT2D eigenvalue weighted by atomic mass is 10.1. The third-order valence-corrected chi connectivity index (χ3v) is 5.65. The molecular weight excluding hydrogens is 407 g/mol. The lowest BCUT2D eigenvalue weighted by molar-refractivity contribution is -0.121. The van der Waals surface area contributed by atoms with Gasteiger partial charge in [-0.2, -0.15) is 0 Å². The number of nitrogens with zero attached hydrogens (tertiary/aromatic N) is 1. The predicted molar refractivity (Wildman–Crippen MR) is 123 cm³/mol. The van der Waals surface area contributed by atoms with Gasteiger partial charge in [0.25, 0.3) is 0 Å². The number of halogens is 1. The minimum absolute atomic E-state index is 0.0612. The molecular formula is C26H27FN2O3. The molecule has 5 nitrogen and oxygen atoms in total. The zero-order chi connectivity index (χ0) is 22.5. The van der Waals surface area contributed by atoms with Crippen LogP contribution in [0.5, 0.6) is 11.5 Å². The third-order valence-electron chi connectivity index (χ3n) is 5.65. The number of fused-ring (bicyclic) bond motifs is 1. The van der Waals surface area contributed by atoms with Crippen LogP contribution in [-0.2, 0) is 17.9 Å². The number of methoxy groups -OCH3 is 1. The van der Waals surface area contributed by atoms with Crippen LogP contribution in [0.1, 0.15) is 23.1 Å². The van der Waals surface area contributed by atoms with Crippen LogP contribution in [0.2, 0.25) is 0 Å². The van der Waals surface area contributed by atoms with Gasteiger partial charge in [-0.25, -0.2) is 4.39 Å². The number of nitrogens with one attached hydrogen (secondary N) is 1. The van der Waals surface area contributed by atoms with Gasteiger partial charge >= 0.3 is 0 Å². The monoisotopic (exact) mass is 434 g/mol. The van der Waals surface area contributed by atoms with Gasteiger partial charge in [0.2, 0.25) is 5.91 Å². The van der Waals surface area contributed by atoms with Gasteiger partial charge in [0.05, 0.1) is 25.3 Å². The van der Waals surface area contributed by atoms with Crippen molar-refractivity contribution < 1.29 is 18.7 Å². The maximum Gasteiger partial charge on any atom is 0.222 e. The predicted octanol–water partition coefficient (Wildman–Crippen LogP) is 4.62. The Bertz CT molecular complexity index is 1070. The van der Waals surface area contributed by atoms with Gasteiger partial charge in [-0.15, -0.1) is 0 Å². The summed E-state index contributed by atoms with van der Waals surface area (Å²) in [4.78, 5) is 14.9. The van der Waals surface area contributed by atoms with Crippen LogP contribution in [0.3, 0.4) is 0 Å². The molecule has 6 heteroatoms. The molecule has 1 heterocycles. The zero-order valence-corrected chi connectivity index (χ0v) is 18.3. The highest BCUT2D eigenvalue weighted by Crippen LogP contribution is 2.36. The average molecular weight is 435 g/mol. The second-order valence-corrected chi connectivity index (χ2v) is 8.02. The molecule has 0 saturated heterocycles. The summed E-state index contributed by atoms with van der Waals surface area (Å²) < 4.78 is 24.7. The summed E-state index contributed by atoms with van der Waals surface area (Å²) in [7, 11) is 1.62. The maximum atomic E-state index is 13.7. The molecule has 0 radical (unpaired) electrons. The van der Waals surface area contributed by atoms with Gasteiger partial charge in [0, 0.05) is 19.2 Å². The largest absolute Gasteiger partial charge is 0.497 e. The second kappa shape index (κ2) is 9.73. The summed E-state index contributed by atoms with van der Waals surface area (Å²) in [5.41, 5.74) is 4.10. The minimum Gasteiger partial charge on any atom is -0.497 e. The van der Waals surface area contributed by atoms with Crippen molar-refractivity contribution in [1.82, 2.24) is 5.32 Å². The van der Waals surface area contributed by atoms with E-state index < -0.39 is 0 Å². The van der Waals surface area contributed by atoms with Crippen molar-refractivity contribution >= 4 is 11.6 Å². The van der Waals surface area contributed by atoms with Gasteiger partial charge in [-0.3, -0.25) is 4.79 Å². The van der Waals surface area contributed by atoms with Crippen LogP contribution in [-0.4, -0.2) is 25.7 Å². The van der Waals surface area contributed by atoms with E-state index in [0.717, 1.165) is 22.6 Å². The smallest absolute Gasteiger partial charge is 0.222 e. The van der Waals surface area contributed by atoms with E-state index in [2.05, 4.69) is 34.5 Å². The number of aryl methyl sites for hydroxylation is 1. The summed E-state index contributed by atoms with van der Waals surface area (Å²) in [6, 6.07) is 20.3. The summed E-state index contributed by atoms with van der Waals surface area (Å²) in [6.45, 7) is 3.42. The van der Waals surface area contributed by atoms with Crippen LogP contribution in [0.25, 0.3) is 0 Å². The fourth-order valence-electron chi connectivity index (χ4n) is 3.82. The number of benzene rings is 3. The van der Waals surface area contributed by atoms with E-state index in [1.807, 2.05) is 31.2 Å². The molecule has 0 bridgehead atoms. The molecule has 4 rings (SSSR count). The molecule has 1 unspecified atom stereocenters. The summed E-state index contributed by atoms with van der Waals surface area (Å²) in [6.07, 6.45) is 0.277. The van der Waals surface area contributed by atoms with Crippen molar-refractivity contribution in [3.8, 4) is 11.5 Å². The molecule has 0 saturated carbocycles. The Labute approximate surface area is 187 Å². The van der Waals surface area contributed by atoms with Crippen LogP contribution < -0.4 is 19.7 Å². The topological polar surface area (TPSA) is 50.8 Å². The lowest BCUT2D eigenvalue weighted by Crippen LogP contribution is -2.45. The molecule has 0 aliphatic carbocycles. The van der Waals surface area contributed by atoms with E-state index in [1.54, 1.807) is 13.2 Å². The Hall–Kier alpha value is -3.54. The fraction of sp³-hybridized carbons (Fsp3) is 0.269. The maximum absolute atomic E-state index is 13.7. The lowest BCUT2D eigenvalue weighted by Gasteiger charge is -2.38. The first-order chi connectivity index (χ1) is 15.5. The van der Waals surface area contributed by atoms with Crippen LogP contribution >= 0.6 is 0 Å². The number of rotatable bonds is 7. The number of amides is 1. The highest BCUT2D eigenvalue weighted by Gasteiger charge is 2.29. The highest BCUT2D eigenvalue weighted by atomic mass is 19.1. The van der Waals surface area contributed by atoms with E-state index in [0.29, 0.717) is 25.4 Å². The molecule has 1 atom stereocenters. The van der Waals surface area contributed by atoms with Crippen LogP contribution in [0, 0.1) is 12.7 Å². The molecule has 0 fully saturated rings. The normalized spacial score (nSPS) is 15.0. The van der Waals surface area contributed by atoms with Crippen molar-refractivity contribution in [3.05, 3.63) is 89.2 Å². The third kappa shape index (κ3) is 5.19. The first-order valence-corrected chi connectivity index (χ1v) is 10.7. The molecule has 1 amide bonds. The Kier molecular flexibility index (Phi) is 6.59. The van der Waals surface area contributed by atoms with Gasteiger partial charge in [-0.05, 0) is 42.3 Å². The molecule has 32 heavy (non-hydrogen) atoms. The van der Waals surface area contributed by atoms with Crippen molar-refractivity contribution in [3.63, 3.8) is 0 Å². The number of carbonyl (C=O) groups is 1. The summed E-state index contributed by atoms with van der Waals surface area (Å²) in [5.74, 6) is 0.886. The quantitative estimate of drug-likeness (QED) is 0.590.